The Morgan fingerprint density at radius 1 is 0.955 bits per heavy atom. The first-order valence-electron chi connectivity index (χ1n) is 8.68. The number of carbonyl (C=O) groups is 1. The second-order valence-electron chi connectivity index (χ2n) is 5.62. The average molecular weight is 339 g/mol. The highest BCUT2D eigenvalue weighted by molar-refractivity contribution is 8.00. The van der Waals surface area contributed by atoms with E-state index in [4.69, 9.17) is 4.74 Å². The molecule has 5 heteroatoms. The van der Waals surface area contributed by atoms with Crippen LogP contribution >= 0.6 is 11.8 Å². The highest BCUT2D eigenvalue weighted by Crippen LogP contribution is 2.22. The number of thioether (sulfide) groups is 1. The maximum Gasteiger partial charge on any atom is 0.319 e. The van der Waals surface area contributed by atoms with Crippen LogP contribution in [0.1, 0.15) is 78.1 Å². The summed E-state index contributed by atoms with van der Waals surface area (Å²) >= 11 is 1.63. The summed E-state index contributed by atoms with van der Waals surface area (Å²) in [6.07, 6.45) is 6.17. The molecule has 0 rings (SSSR count). The van der Waals surface area contributed by atoms with Crippen molar-refractivity contribution < 1.29 is 18.3 Å². The molecule has 0 radical (unpaired) electrons. The predicted octanol–water partition coefficient (Wildman–Crippen LogP) is 5.84. The molecule has 0 N–H and O–H groups in total. The van der Waals surface area contributed by atoms with Gasteiger partial charge < -0.3 is 4.74 Å². The first-order valence-corrected chi connectivity index (χ1v) is 9.73. The van der Waals surface area contributed by atoms with Gasteiger partial charge in [-0.2, -0.15) is 0 Å². The van der Waals surface area contributed by atoms with Gasteiger partial charge >= 0.3 is 5.97 Å². The van der Waals surface area contributed by atoms with Gasteiger partial charge in [-0.05, 0) is 31.4 Å². The lowest BCUT2D eigenvalue weighted by molar-refractivity contribution is -0.143. The van der Waals surface area contributed by atoms with Crippen molar-refractivity contribution in [2.45, 2.75) is 89.7 Å². The number of rotatable bonds is 15. The molecule has 132 valence electrons. The van der Waals surface area contributed by atoms with Crippen LogP contribution in [0.4, 0.5) is 8.78 Å². The Bertz CT molecular complexity index is 263. The predicted molar refractivity (Wildman–Crippen MR) is 90.7 cm³/mol. The first-order chi connectivity index (χ1) is 10.6. The molecule has 0 aromatic rings. The van der Waals surface area contributed by atoms with Gasteiger partial charge in [0.2, 0.25) is 6.43 Å². The summed E-state index contributed by atoms with van der Waals surface area (Å²) in [4.78, 5) is 12.1. The molecule has 1 atom stereocenters. The molecule has 0 amide bonds. The SMILES string of the molecule is CCCCCC(SCCCCCC(F)F)C(=O)OCCCC. The van der Waals surface area contributed by atoms with Crippen LogP contribution in [0, 0.1) is 0 Å². The zero-order valence-corrected chi connectivity index (χ0v) is 14.9. The zero-order chi connectivity index (χ0) is 16.6. The van der Waals surface area contributed by atoms with Crippen LogP contribution in [0.25, 0.3) is 0 Å². The molecule has 0 saturated carbocycles. The van der Waals surface area contributed by atoms with Gasteiger partial charge in [-0.15, -0.1) is 11.8 Å². The van der Waals surface area contributed by atoms with Crippen molar-refractivity contribution >= 4 is 17.7 Å². The van der Waals surface area contributed by atoms with Gasteiger partial charge in [-0.1, -0.05) is 46.0 Å². The van der Waals surface area contributed by atoms with Crippen molar-refractivity contribution in [2.75, 3.05) is 12.4 Å². The number of carbonyl (C=O) groups excluding carboxylic acids is 1. The summed E-state index contributed by atoms with van der Waals surface area (Å²) in [6.45, 7) is 4.72. The van der Waals surface area contributed by atoms with Crippen LogP contribution in [-0.4, -0.2) is 30.0 Å². The summed E-state index contributed by atoms with van der Waals surface area (Å²) in [5.41, 5.74) is 0. The molecule has 0 saturated heterocycles. The van der Waals surface area contributed by atoms with Gasteiger partial charge in [-0.25, -0.2) is 8.78 Å². The Hall–Kier alpha value is -0.320. The quantitative estimate of drug-likeness (QED) is 0.277. The highest BCUT2D eigenvalue weighted by Gasteiger charge is 2.19. The van der Waals surface area contributed by atoms with E-state index in [2.05, 4.69) is 13.8 Å². The maximum atomic E-state index is 12.1. The summed E-state index contributed by atoms with van der Waals surface area (Å²) < 4.78 is 29.4. The van der Waals surface area contributed by atoms with Crippen LogP contribution < -0.4 is 0 Å². The van der Waals surface area contributed by atoms with E-state index in [0.29, 0.717) is 13.0 Å². The number of halogens is 2. The van der Waals surface area contributed by atoms with Crippen LogP contribution in [-0.2, 0) is 9.53 Å². The van der Waals surface area contributed by atoms with Gasteiger partial charge in [0.25, 0.3) is 0 Å². The van der Waals surface area contributed by atoms with Crippen molar-refractivity contribution in [3.8, 4) is 0 Å². The third-order valence-electron chi connectivity index (χ3n) is 3.46. The Labute approximate surface area is 138 Å². The van der Waals surface area contributed by atoms with E-state index in [9.17, 15) is 13.6 Å². The lowest BCUT2D eigenvalue weighted by atomic mass is 10.1. The van der Waals surface area contributed by atoms with Crippen molar-refractivity contribution in [2.24, 2.45) is 0 Å². The fourth-order valence-corrected chi connectivity index (χ4v) is 3.25. The van der Waals surface area contributed by atoms with E-state index < -0.39 is 6.43 Å². The number of alkyl halides is 2. The molecular weight excluding hydrogens is 306 g/mol. The Kier molecular flexibility index (Phi) is 15.3. The topological polar surface area (TPSA) is 26.3 Å². The standard InChI is InChI=1S/C17H32F2O2S/c1-3-5-8-11-15(17(20)21-13-6-4-2)22-14-10-7-9-12-16(18)19/h15-16H,3-14H2,1-2H3. The third kappa shape index (κ3) is 13.4. The number of unbranched alkanes of at least 4 members (excludes halogenated alkanes) is 5. The van der Waals surface area contributed by atoms with Crippen LogP contribution in [0.15, 0.2) is 0 Å². The molecular formula is C17H32F2O2S. The molecule has 0 fully saturated rings. The lowest BCUT2D eigenvalue weighted by Crippen LogP contribution is -2.21. The van der Waals surface area contributed by atoms with E-state index in [-0.39, 0.29) is 17.6 Å². The summed E-state index contributed by atoms with van der Waals surface area (Å²) in [5, 5.41) is -0.0847. The van der Waals surface area contributed by atoms with Crippen molar-refractivity contribution in [1.82, 2.24) is 0 Å². The normalized spacial score (nSPS) is 12.6. The molecule has 0 aromatic carbocycles. The fraction of sp³-hybridized carbons (Fsp3) is 0.941. The van der Waals surface area contributed by atoms with Crippen LogP contribution in [0.2, 0.25) is 0 Å². The second-order valence-corrected chi connectivity index (χ2v) is 6.93. The van der Waals surface area contributed by atoms with E-state index in [0.717, 1.165) is 57.1 Å². The van der Waals surface area contributed by atoms with E-state index in [1.54, 1.807) is 11.8 Å². The first kappa shape index (κ1) is 21.7. The van der Waals surface area contributed by atoms with Crippen LogP contribution in [0.5, 0.6) is 0 Å². The average Bonchev–Trinajstić information content (AvgIpc) is 2.48. The monoisotopic (exact) mass is 338 g/mol. The maximum absolute atomic E-state index is 12.1. The minimum atomic E-state index is -2.19. The van der Waals surface area contributed by atoms with Gasteiger partial charge in [0.15, 0.2) is 0 Å². The molecule has 1 unspecified atom stereocenters. The van der Waals surface area contributed by atoms with Gasteiger partial charge in [0.1, 0.15) is 5.25 Å². The van der Waals surface area contributed by atoms with E-state index in [1.165, 1.54) is 0 Å². The molecule has 0 aliphatic rings. The van der Waals surface area contributed by atoms with Crippen molar-refractivity contribution in [1.29, 1.82) is 0 Å². The molecule has 0 bridgehead atoms. The Morgan fingerprint density at radius 3 is 2.27 bits per heavy atom. The largest absolute Gasteiger partial charge is 0.465 e. The number of ether oxygens (including phenoxy) is 1. The molecule has 0 aliphatic carbocycles. The molecule has 0 aromatic heterocycles. The zero-order valence-electron chi connectivity index (χ0n) is 14.1. The minimum Gasteiger partial charge on any atom is -0.465 e. The van der Waals surface area contributed by atoms with E-state index >= 15 is 0 Å². The smallest absolute Gasteiger partial charge is 0.319 e. The van der Waals surface area contributed by atoms with Crippen molar-refractivity contribution in [3.05, 3.63) is 0 Å². The fourth-order valence-electron chi connectivity index (χ4n) is 2.06. The molecule has 2 nitrogen and oxygen atoms in total. The minimum absolute atomic E-state index is 0.0103. The highest BCUT2D eigenvalue weighted by atomic mass is 32.2. The third-order valence-corrected chi connectivity index (χ3v) is 4.82. The number of hydrogen-bond donors (Lipinski definition) is 0. The van der Waals surface area contributed by atoms with Gasteiger partial charge in [-0.3, -0.25) is 4.79 Å². The summed E-state index contributed by atoms with van der Waals surface area (Å²) in [6, 6.07) is 0. The lowest BCUT2D eigenvalue weighted by Gasteiger charge is -2.15. The Balaban J connectivity index is 3.93. The van der Waals surface area contributed by atoms with Gasteiger partial charge in [0, 0.05) is 6.42 Å². The van der Waals surface area contributed by atoms with Gasteiger partial charge in [0.05, 0.1) is 6.61 Å². The number of hydrogen-bond acceptors (Lipinski definition) is 3. The summed E-state index contributed by atoms with van der Waals surface area (Å²) in [7, 11) is 0. The molecule has 0 aliphatic heterocycles. The summed E-state index contributed by atoms with van der Waals surface area (Å²) in [5.74, 6) is 0.755. The number of esters is 1. The second kappa shape index (κ2) is 15.6. The van der Waals surface area contributed by atoms with E-state index in [1.807, 2.05) is 0 Å². The van der Waals surface area contributed by atoms with Crippen molar-refractivity contribution in [3.63, 3.8) is 0 Å². The van der Waals surface area contributed by atoms with Crippen LogP contribution in [0.3, 0.4) is 0 Å². The molecule has 0 heterocycles. The molecule has 22 heavy (non-hydrogen) atoms. The Morgan fingerprint density at radius 2 is 1.64 bits per heavy atom. The molecule has 0 spiro atoms.